The number of hydrogen-bond acceptors (Lipinski definition) is 3. The highest BCUT2D eigenvalue weighted by Gasteiger charge is 2.15. The van der Waals surface area contributed by atoms with E-state index in [9.17, 15) is 8.42 Å². The Balaban J connectivity index is 2.30. The van der Waals surface area contributed by atoms with Gasteiger partial charge in [0.2, 0.25) is 0 Å². The zero-order chi connectivity index (χ0) is 14.8. The van der Waals surface area contributed by atoms with Crippen LogP contribution in [0, 0.1) is 0 Å². The van der Waals surface area contributed by atoms with Crippen molar-refractivity contribution >= 4 is 38.9 Å². The average Bonchev–Trinajstić information content (AvgIpc) is 2.42. The Morgan fingerprint density at radius 3 is 2.25 bits per heavy atom. The molecule has 0 amide bonds. The zero-order valence-corrected chi connectivity index (χ0v) is 12.8. The lowest BCUT2D eigenvalue weighted by atomic mass is 10.3. The lowest BCUT2D eigenvalue weighted by Gasteiger charge is -2.10. The Morgan fingerprint density at radius 2 is 1.70 bits per heavy atom. The second-order valence-corrected chi connectivity index (χ2v) is 6.43. The number of benzene rings is 2. The fourth-order valence-electron chi connectivity index (χ4n) is 1.53. The minimum Gasteiger partial charge on any atom is -0.497 e. The van der Waals surface area contributed by atoms with Crippen LogP contribution >= 0.6 is 23.2 Å². The van der Waals surface area contributed by atoms with Gasteiger partial charge in [-0.3, -0.25) is 4.72 Å². The topological polar surface area (TPSA) is 55.4 Å². The van der Waals surface area contributed by atoms with E-state index in [1.807, 2.05) is 0 Å². The molecule has 0 spiro atoms. The molecule has 0 heterocycles. The van der Waals surface area contributed by atoms with Crippen molar-refractivity contribution in [2.75, 3.05) is 11.8 Å². The van der Waals surface area contributed by atoms with Crippen molar-refractivity contribution in [2.24, 2.45) is 0 Å². The maximum Gasteiger partial charge on any atom is 0.261 e. The van der Waals surface area contributed by atoms with Crippen molar-refractivity contribution in [1.82, 2.24) is 0 Å². The molecule has 106 valence electrons. The van der Waals surface area contributed by atoms with E-state index in [1.54, 1.807) is 18.2 Å². The van der Waals surface area contributed by atoms with Crippen LogP contribution < -0.4 is 9.46 Å². The molecule has 2 rings (SSSR count). The molecule has 0 fully saturated rings. The molecule has 0 radical (unpaired) electrons. The number of methoxy groups -OCH3 is 1. The lowest BCUT2D eigenvalue weighted by molar-refractivity contribution is 0.414. The average molecular weight is 332 g/mol. The maximum atomic E-state index is 12.2. The van der Waals surface area contributed by atoms with Crippen LogP contribution in [0.2, 0.25) is 10.0 Å². The van der Waals surface area contributed by atoms with E-state index in [1.165, 1.54) is 31.4 Å². The fraction of sp³-hybridized carbons (Fsp3) is 0.0769. The quantitative estimate of drug-likeness (QED) is 0.926. The highest BCUT2D eigenvalue weighted by atomic mass is 35.5. The minimum atomic E-state index is -3.71. The van der Waals surface area contributed by atoms with Gasteiger partial charge in [0.15, 0.2) is 0 Å². The molecular weight excluding hydrogens is 321 g/mol. The monoisotopic (exact) mass is 331 g/mol. The van der Waals surface area contributed by atoms with E-state index in [0.717, 1.165) is 0 Å². The number of sulfonamides is 1. The Kier molecular flexibility index (Phi) is 4.42. The van der Waals surface area contributed by atoms with E-state index >= 15 is 0 Å². The third kappa shape index (κ3) is 3.36. The number of halogens is 2. The van der Waals surface area contributed by atoms with Crippen molar-refractivity contribution in [1.29, 1.82) is 0 Å². The van der Waals surface area contributed by atoms with Gasteiger partial charge >= 0.3 is 0 Å². The lowest BCUT2D eigenvalue weighted by Crippen LogP contribution is -2.13. The SMILES string of the molecule is COc1ccc(S(=O)(=O)Nc2ccc(Cl)cc2Cl)cc1. The number of nitrogens with one attached hydrogen (secondary N) is 1. The Morgan fingerprint density at radius 1 is 1.05 bits per heavy atom. The van der Waals surface area contributed by atoms with Crippen LogP contribution in [0.5, 0.6) is 5.75 Å². The predicted octanol–water partition coefficient (Wildman–Crippen LogP) is 3.80. The second-order valence-electron chi connectivity index (χ2n) is 3.91. The van der Waals surface area contributed by atoms with Crippen LogP contribution in [-0.4, -0.2) is 15.5 Å². The summed E-state index contributed by atoms with van der Waals surface area (Å²) in [4.78, 5) is 0.115. The standard InChI is InChI=1S/C13H11Cl2NO3S/c1-19-10-3-5-11(6-4-10)20(17,18)16-13-7-2-9(14)8-12(13)15/h2-8,16H,1H3. The molecule has 2 aromatic carbocycles. The molecule has 0 bridgehead atoms. The third-order valence-corrected chi connectivity index (χ3v) is 4.47. The van der Waals surface area contributed by atoms with Gasteiger partial charge in [-0.15, -0.1) is 0 Å². The van der Waals surface area contributed by atoms with E-state index in [4.69, 9.17) is 27.9 Å². The second kappa shape index (κ2) is 5.91. The van der Waals surface area contributed by atoms with E-state index in [0.29, 0.717) is 10.8 Å². The molecule has 4 nitrogen and oxygen atoms in total. The van der Waals surface area contributed by atoms with Gasteiger partial charge in [0.1, 0.15) is 5.75 Å². The summed E-state index contributed by atoms with van der Waals surface area (Å²) in [5.74, 6) is 0.577. The van der Waals surface area contributed by atoms with Gasteiger partial charge in [-0.1, -0.05) is 23.2 Å². The van der Waals surface area contributed by atoms with Gasteiger partial charge in [0.05, 0.1) is 22.7 Å². The summed E-state index contributed by atoms with van der Waals surface area (Å²) in [6.45, 7) is 0. The summed E-state index contributed by atoms with van der Waals surface area (Å²) in [6, 6.07) is 10.6. The summed E-state index contributed by atoms with van der Waals surface area (Å²) < 4.78 is 31.8. The first-order chi connectivity index (χ1) is 9.42. The fourth-order valence-corrected chi connectivity index (χ4v) is 3.12. The van der Waals surface area contributed by atoms with Crippen molar-refractivity contribution in [3.8, 4) is 5.75 Å². The Hall–Kier alpha value is -1.43. The van der Waals surface area contributed by atoms with Gasteiger partial charge in [0, 0.05) is 5.02 Å². The molecule has 20 heavy (non-hydrogen) atoms. The molecule has 0 aromatic heterocycles. The van der Waals surface area contributed by atoms with Gasteiger partial charge in [-0.05, 0) is 42.5 Å². The molecular formula is C13H11Cl2NO3S. The molecule has 1 N–H and O–H groups in total. The molecule has 0 unspecified atom stereocenters. The summed E-state index contributed by atoms with van der Waals surface area (Å²) in [6.07, 6.45) is 0. The minimum absolute atomic E-state index is 0.115. The highest BCUT2D eigenvalue weighted by molar-refractivity contribution is 7.92. The number of hydrogen-bond donors (Lipinski definition) is 1. The summed E-state index contributed by atoms with van der Waals surface area (Å²) >= 11 is 11.7. The Labute approximate surface area is 127 Å². The molecule has 0 aliphatic heterocycles. The van der Waals surface area contributed by atoms with Gasteiger partial charge < -0.3 is 4.74 Å². The number of ether oxygens (including phenoxy) is 1. The first kappa shape index (κ1) is 15.0. The zero-order valence-electron chi connectivity index (χ0n) is 10.4. The van der Waals surface area contributed by atoms with Crippen LogP contribution in [0.25, 0.3) is 0 Å². The molecule has 0 aliphatic rings. The summed E-state index contributed by atoms with van der Waals surface area (Å²) in [7, 11) is -2.20. The molecule has 0 atom stereocenters. The summed E-state index contributed by atoms with van der Waals surface area (Å²) in [5.41, 5.74) is 0.270. The molecule has 7 heteroatoms. The molecule has 0 saturated carbocycles. The first-order valence-corrected chi connectivity index (χ1v) is 7.78. The Bertz CT molecular complexity index is 715. The van der Waals surface area contributed by atoms with E-state index in [-0.39, 0.29) is 15.6 Å². The highest BCUT2D eigenvalue weighted by Crippen LogP contribution is 2.27. The van der Waals surface area contributed by atoms with Crippen LogP contribution in [0.15, 0.2) is 47.4 Å². The molecule has 2 aromatic rings. The van der Waals surface area contributed by atoms with Crippen LogP contribution in [-0.2, 0) is 10.0 Å². The summed E-state index contributed by atoms with van der Waals surface area (Å²) in [5, 5.41) is 0.664. The van der Waals surface area contributed by atoms with Crippen LogP contribution in [0.4, 0.5) is 5.69 Å². The normalized spacial score (nSPS) is 11.2. The third-order valence-electron chi connectivity index (χ3n) is 2.55. The van der Waals surface area contributed by atoms with E-state index < -0.39 is 10.0 Å². The number of anilines is 1. The van der Waals surface area contributed by atoms with Gasteiger partial charge in [-0.2, -0.15) is 0 Å². The van der Waals surface area contributed by atoms with Crippen molar-refractivity contribution in [3.05, 3.63) is 52.5 Å². The smallest absolute Gasteiger partial charge is 0.261 e. The largest absolute Gasteiger partial charge is 0.497 e. The first-order valence-electron chi connectivity index (χ1n) is 5.54. The maximum absolute atomic E-state index is 12.2. The van der Waals surface area contributed by atoms with Crippen LogP contribution in [0.3, 0.4) is 0 Å². The van der Waals surface area contributed by atoms with Crippen molar-refractivity contribution < 1.29 is 13.2 Å². The van der Waals surface area contributed by atoms with Gasteiger partial charge in [-0.25, -0.2) is 8.42 Å². The van der Waals surface area contributed by atoms with E-state index in [2.05, 4.69) is 4.72 Å². The number of rotatable bonds is 4. The van der Waals surface area contributed by atoms with Crippen molar-refractivity contribution in [2.45, 2.75) is 4.90 Å². The predicted molar refractivity (Wildman–Crippen MR) is 80.3 cm³/mol. The molecule has 0 saturated heterocycles. The van der Waals surface area contributed by atoms with Crippen LogP contribution in [0.1, 0.15) is 0 Å². The van der Waals surface area contributed by atoms with Gasteiger partial charge in [0.25, 0.3) is 10.0 Å². The molecule has 0 aliphatic carbocycles. The van der Waals surface area contributed by atoms with Crippen molar-refractivity contribution in [3.63, 3.8) is 0 Å².